The molecule has 0 bridgehead atoms. The van der Waals surface area contributed by atoms with Crippen LogP contribution in [0.1, 0.15) is 28.4 Å². The third kappa shape index (κ3) is 3.06. The lowest BCUT2D eigenvalue weighted by Gasteiger charge is -2.20. The van der Waals surface area contributed by atoms with Gasteiger partial charge in [0.05, 0.1) is 17.6 Å². The average Bonchev–Trinajstić information content (AvgIpc) is 2.61. The van der Waals surface area contributed by atoms with Gasteiger partial charge in [0.15, 0.2) is 0 Å². The number of fused-ring (bicyclic) bond motifs is 1. The highest BCUT2D eigenvalue weighted by Gasteiger charge is 2.16. The highest BCUT2D eigenvalue weighted by Crippen LogP contribution is 2.16. The molecule has 5 nitrogen and oxygen atoms in total. The third-order valence-electron chi connectivity index (χ3n) is 4.10. The Hall–Kier alpha value is -2.95. The smallest absolute Gasteiger partial charge is 0.255 e. The van der Waals surface area contributed by atoms with Crippen LogP contribution >= 0.6 is 0 Å². The van der Waals surface area contributed by atoms with E-state index in [0.717, 1.165) is 16.5 Å². The molecule has 1 aromatic carbocycles. The van der Waals surface area contributed by atoms with Gasteiger partial charge in [0.2, 0.25) is 0 Å². The number of hydrogen-bond acceptors (Lipinski definition) is 3. The van der Waals surface area contributed by atoms with Crippen LogP contribution in [0, 0.1) is 6.92 Å². The van der Waals surface area contributed by atoms with Crippen molar-refractivity contribution in [3.63, 3.8) is 0 Å². The van der Waals surface area contributed by atoms with E-state index in [1.54, 1.807) is 29.4 Å². The lowest BCUT2D eigenvalue weighted by atomic mass is 10.1. The summed E-state index contributed by atoms with van der Waals surface area (Å²) in [6.07, 6.45) is 3.17. The number of carbonyl (C=O) groups is 1. The van der Waals surface area contributed by atoms with Crippen molar-refractivity contribution in [3.8, 4) is 0 Å². The normalized spacial score (nSPS) is 10.8. The number of aromatic nitrogens is 2. The molecule has 0 aliphatic carbocycles. The highest BCUT2D eigenvalue weighted by atomic mass is 16.2. The summed E-state index contributed by atoms with van der Waals surface area (Å²) in [7, 11) is 0. The maximum atomic E-state index is 12.6. The van der Waals surface area contributed by atoms with E-state index < -0.39 is 0 Å². The summed E-state index contributed by atoms with van der Waals surface area (Å²) in [5, 5.41) is 0.967. The zero-order valence-electron chi connectivity index (χ0n) is 13.7. The second kappa shape index (κ2) is 6.66. The lowest BCUT2D eigenvalue weighted by molar-refractivity contribution is 0.0751. The molecule has 0 saturated heterocycles. The summed E-state index contributed by atoms with van der Waals surface area (Å²) < 4.78 is 0. The molecule has 1 N–H and O–H groups in total. The number of hydrogen-bond donors (Lipinski definition) is 1. The van der Waals surface area contributed by atoms with Crippen LogP contribution in [0.25, 0.3) is 10.9 Å². The highest BCUT2D eigenvalue weighted by molar-refractivity contribution is 5.93. The number of nitrogens with zero attached hydrogens (tertiary/aromatic N) is 2. The molecule has 24 heavy (non-hydrogen) atoms. The second-order valence-corrected chi connectivity index (χ2v) is 5.72. The molecule has 0 radical (unpaired) electrons. The first kappa shape index (κ1) is 15.9. The molecule has 0 spiro atoms. The summed E-state index contributed by atoms with van der Waals surface area (Å²) in [4.78, 5) is 33.5. The second-order valence-electron chi connectivity index (χ2n) is 5.72. The Kier molecular flexibility index (Phi) is 4.42. The molecule has 1 amide bonds. The number of amides is 1. The molecule has 0 saturated carbocycles. The summed E-state index contributed by atoms with van der Waals surface area (Å²) in [6, 6.07) is 11.2. The van der Waals surface area contributed by atoms with E-state index in [1.165, 1.54) is 0 Å². The molecule has 122 valence electrons. The van der Waals surface area contributed by atoms with Crippen LogP contribution in [0.15, 0.2) is 53.6 Å². The van der Waals surface area contributed by atoms with Gasteiger partial charge in [-0.3, -0.25) is 14.6 Å². The summed E-state index contributed by atoms with van der Waals surface area (Å²) in [6.45, 7) is 4.64. The van der Waals surface area contributed by atoms with E-state index in [2.05, 4.69) is 9.97 Å². The Morgan fingerprint density at radius 3 is 2.79 bits per heavy atom. The minimum absolute atomic E-state index is 0.130. The summed E-state index contributed by atoms with van der Waals surface area (Å²) >= 11 is 0. The van der Waals surface area contributed by atoms with Gasteiger partial charge in [0.1, 0.15) is 0 Å². The Balaban J connectivity index is 1.94. The zero-order valence-corrected chi connectivity index (χ0v) is 13.7. The van der Waals surface area contributed by atoms with Gasteiger partial charge in [-0.1, -0.05) is 18.2 Å². The Labute approximate surface area is 140 Å². The predicted octanol–water partition coefficient (Wildman–Crippen LogP) is 2.89. The van der Waals surface area contributed by atoms with Gasteiger partial charge in [-0.05, 0) is 43.0 Å². The van der Waals surface area contributed by atoms with Crippen molar-refractivity contribution in [2.45, 2.75) is 20.4 Å². The van der Waals surface area contributed by atoms with Crippen LogP contribution in [0.3, 0.4) is 0 Å². The molecule has 2 heterocycles. The third-order valence-corrected chi connectivity index (χ3v) is 4.10. The van der Waals surface area contributed by atoms with Crippen molar-refractivity contribution >= 4 is 16.8 Å². The summed E-state index contributed by atoms with van der Waals surface area (Å²) in [5.41, 5.74) is 2.80. The fourth-order valence-corrected chi connectivity index (χ4v) is 2.75. The standard InChI is InChI=1S/C19H19N3O2/c1-3-22(19(24)15-8-5-9-20-11-15)12-16-10-14-7-4-6-13(2)17(14)21-18(16)23/h4-11H,3,12H2,1-2H3,(H,21,23). The first-order valence-electron chi connectivity index (χ1n) is 7.91. The molecule has 0 aliphatic rings. The minimum Gasteiger partial charge on any atom is -0.334 e. The maximum absolute atomic E-state index is 12.6. The van der Waals surface area contributed by atoms with Gasteiger partial charge in [-0.25, -0.2) is 0 Å². The van der Waals surface area contributed by atoms with Crippen molar-refractivity contribution in [3.05, 3.63) is 75.8 Å². The van der Waals surface area contributed by atoms with Crippen molar-refractivity contribution in [2.24, 2.45) is 0 Å². The van der Waals surface area contributed by atoms with Gasteiger partial charge in [0, 0.05) is 24.5 Å². The van der Waals surface area contributed by atoms with Crippen molar-refractivity contribution in [2.75, 3.05) is 6.54 Å². The minimum atomic E-state index is -0.158. The maximum Gasteiger partial charge on any atom is 0.255 e. The molecule has 0 aliphatic heterocycles. The molecular formula is C19H19N3O2. The Morgan fingerprint density at radius 2 is 2.08 bits per heavy atom. The average molecular weight is 321 g/mol. The van der Waals surface area contributed by atoms with Crippen LogP contribution < -0.4 is 5.56 Å². The first-order valence-corrected chi connectivity index (χ1v) is 7.91. The van der Waals surface area contributed by atoms with Crippen molar-refractivity contribution in [1.82, 2.24) is 14.9 Å². The predicted molar refractivity (Wildman–Crippen MR) is 94.0 cm³/mol. The fourth-order valence-electron chi connectivity index (χ4n) is 2.75. The molecular weight excluding hydrogens is 302 g/mol. The molecule has 5 heteroatoms. The van der Waals surface area contributed by atoms with Crippen LogP contribution in [0.4, 0.5) is 0 Å². The molecule has 3 rings (SSSR count). The number of H-pyrrole nitrogens is 1. The number of nitrogens with one attached hydrogen (secondary N) is 1. The number of aromatic amines is 1. The van der Waals surface area contributed by atoms with E-state index in [-0.39, 0.29) is 18.0 Å². The van der Waals surface area contributed by atoms with E-state index in [0.29, 0.717) is 17.7 Å². The van der Waals surface area contributed by atoms with Gasteiger partial charge in [0.25, 0.3) is 11.5 Å². The van der Waals surface area contributed by atoms with Crippen LogP contribution in [-0.2, 0) is 6.54 Å². The number of pyridine rings is 2. The number of aryl methyl sites for hydroxylation is 1. The zero-order chi connectivity index (χ0) is 17.1. The molecule has 0 fully saturated rings. The van der Waals surface area contributed by atoms with E-state index in [1.807, 2.05) is 38.1 Å². The Morgan fingerprint density at radius 1 is 1.25 bits per heavy atom. The summed E-state index contributed by atoms with van der Waals surface area (Å²) in [5.74, 6) is -0.130. The van der Waals surface area contributed by atoms with E-state index in [4.69, 9.17) is 0 Å². The van der Waals surface area contributed by atoms with Gasteiger partial charge in [-0.2, -0.15) is 0 Å². The van der Waals surface area contributed by atoms with Crippen LogP contribution in [0.2, 0.25) is 0 Å². The van der Waals surface area contributed by atoms with Crippen LogP contribution in [-0.4, -0.2) is 27.3 Å². The number of carbonyl (C=O) groups excluding carboxylic acids is 1. The molecule has 0 unspecified atom stereocenters. The fraction of sp³-hybridized carbons (Fsp3) is 0.211. The number of benzene rings is 1. The van der Waals surface area contributed by atoms with Crippen molar-refractivity contribution in [1.29, 1.82) is 0 Å². The lowest BCUT2D eigenvalue weighted by Crippen LogP contribution is -2.32. The van der Waals surface area contributed by atoms with Crippen LogP contribution in [0.5, 0.6) is 0 Å². The topological polar surface area (TPSA) is 66.1 Å². The van der Waals surface area contributed by atoms with Crippen molar-refractivity contribution < 1.29 is 4.79 Å². The van der Waals surface area contributed by atoms with Gasteiger partial charge < -0.3 is 9.88 Å². The van der Waals surface area contributed by atoms with Gasteiger partial charge >= 0.3 is 0 Å². The quantitative estimate of drug-likeness (QED) is 0.803. The SMILES string of the molecule is CCN(Cc1cc2cccc(C)c2[nH]c1=O)C(=O)c1cccnc1. The molecule has 3 aromatic rings. The van der Waals surface area contributed by atoms with Gasteiger partial charge in [-0.15, -0.1) is 0 Å². The first-order chi connectivity index (χ1) is 11.6. The van der Waals surface area contributed by atoms with E-state index >= 15 is 0 Å². The monoisotopic (exact) mass is 321 g/mol. The molecule has 0 atom stereocenters. The largest absolute Gasteiger partial charge is 0.334 e. The molecule has 2 aromatic heterocycles. The number of para-hydroxylation sites is 1. The Bertz CT molecular complexity index is 932. The van der Waals surface area contributed by atoms with E-state index in [9.17, 15) is 9.59 Å². The number of rotatable bonds is 4.